The number of benzene rings is 1. The van der Waals surface area contributed by atoms with Crippen LogP contribution in [-0.2, 0) is 26.1 Å². The third kappa shape index (κ3) is 3.82. The van der Waals surface area contributed by atoms with Crippen LogP contribution in [0, 0.1) is 6.92 Å². The average molecular weight is 398 g/mol. The molecule has 1 aromatic carbocycles. The molecule has 0 saturated heterocycles. The van der Waals surface area contributed by atoms with Crippen LogP contribution in [0.2, 0.25) is 0 Å². The second kappa shape index (κ2) is 7.15. The lowest BCUT2D eigenvalue weighted by molar-refractivity contribution is -0.158. The number of Topliss-reactive ketones (excluding diaryl/α,β-unsaturated/α-hetero) is 1. The molecule has 0 unspecified atom stereocenters. The zero-order valence-electron chi connectivity index (χ0n) is 17.8. The zero-order valence-corrected chi connectivity index (χ0v) is 17.8. The molecule has 154 valence electrons. The van der Waals surface area contributed by atoms with Gasteiger partial charge in [0, 0.05) is 18.8 Å². The normalized spacial score (nSPS) is 18.0. The molecule has 2 heterocycles. The average Bonchev–Trinajstić information content (AvgIpc) is 3.06. The minimum absolute atomic E-state index is 0.139. The highest BCUT2D eigenvalue weighted by molar-refractivity contribution is 6.26. The van der Waals surface area contributed by atoms with Crippen molar-refractivity contribution in [1.29, 1.82) is 0 Å². The fourth-order valence-corrected chi connectivity index (χ4v) is 3.62. The van der Waals surface area contributed by atoms with E-state index in [0.29, 0.717) is 11.1 Å². The maximum absolute atomic E-state index is 13.4. The predicted molar refractivity (Wildman–Crippen MR) is 108 cm³/mol. The first-order valence-electron chi connectivity index (χ1n) is 9.32. The van der Waals surface area contributed by atoms with Gasteiger partial charge in [0.05, 0.1) is 18.9 Å². The van der Waals surface area contributed by atoms with E-state index in [1.807, 2.05) is 38.4 Å². The largest absolute Gasteiger partial charge is 0.513 e. The van der Waals surface area contributed by atoms with Gasteiger partial charge in [-0.2, -0.15) is 5.10 Å². The summed E-state index contributed by atoms with van der Waals surface area (Å²) < 4.78 is 17.8. The molecule has 0 atom stereocenters. The first-order valence-corrected chi connectivity index (χ1v) is 9.32. The Balaban J connectivity index is 2.27. The summed E-state index contributed by atoms with van der Waals surface area (Å²) in [6, 6.07) is 5.82. The molecule has 0 saturated carbocycles. The van der Waals surface area contributed by atoms with Crippen molar-refractivity contribution in [2.45, 2.75) is 45.8 Å². The molecule has 7 heteroatoms. The monoisotopic (exact) mass is 398 g/mol. The van der Waals surface area contributed by atoms with E-state index in [9.17, 15) is 9.59 Å². The number of carbonyl (C=O) groups is 2. The Hall–Kier alpha value is -2.93. The molecule has 0 spiro atoms. The van der Waals surface area contributed by atoms with Gasteiger partial charge >= 0.3 is 6.16 Å². The molecule has 1 aliphatic heterocycles. The van der Waals surface area contributed by atoms with Crippen molar-refractivity contribution in [3.63, 3.8) is 0 Å². The molecule has 7 nitrogen and oxygen atoms in total. The van der Waals surface area contributed by atoms with E-state index in [1.165, 1.54) is 7.11 Å². The van der Waals surface area contributed by atoms with Crippen LogP contribution in [0.5, 0.6) is 0 Å². The van der Waals surface area contributed by atoms with Gasteiger partial charge in [-0.15, -0.1) is 0 Å². The summed E-state index contributed by atoms with van der Waals surface area (Å²) in [7, 11) is 3.07. The van der Waals surface area contributed by atoms with E-state index in [0.717, 1.165) is 16.7 Å². The lowest BCUT2D eigenvalue weighted by Gasteiger charge is -2.41. The number of rotatable bonds is 3. The first kappa shape index (κ1) is 20.8. The lowest BCUT2D eigenvalue weighted by Crippen LogP contribution is -2.50. The van der Waals surface area contributed by atoms with Crippen LogP contribution >= 0.6 is 0 Å². The van der Waals surface area contributed by atoms with Gasteiger partial charge in [0.2, 0.25) is 0 Å². The van der Waals surface area contributed by atoms with E-state index >= 15 is 0 Å². The molecule has 0 bridgehead atoms. The highest BCUT2D eigenvalue weighted by atomic mass is 16.7. The minimum Gasteiger partial charge on any atom is -0.437 e. The number of aromatic nitrogens is 2. The molecule has 2 aromatic rings. The maximum atomic E-state index is 13.4. The van der Waals surface area contributed by atoms with Crippen molar-refractivity contribution in [2.75, 3.05) is 7.11 Å². The summed E-state index contributed by atoms with van der Waals surface area (Å²) >= 11 is 0. The Kier molecular flexibility index (Phi) is 5.13. The van der Waals surface area contributed by atoms with Gasteiger partial charge in [-0.3, -0.25) is 9.48 Å². The van der Waals surface area contributed by atoms with Crippen molar-refractivity contribution >= 4 is 17.5 Å². The van der Waals surface area contributed by atoms with Crippen molar-refractivity contribution in [2.24, 2.45) is 7.05 Å². The fourth-order valence-electron chi connectivity index (χ4n) is 3.62. The van der Waals surface area contributed by atoms with Crippen LogP contribution in [-0.4, -0.2) is 40.0 Å². The molecular weight excluding hydrogens is 372 g/mol. The second-order valence-corrected chi connectivity index (χ2v) is 8.14. The number of nitrogens with zero attached hydrogens (tertiary/aromatic N) is 2. The summed E-state index contributed by atoms with van der Waals surface area (Å²) in [5.74, 6) is -0.123. The van der Waals surface area contributed by atoms with Crippen LogP contribution in [0.1, 0.15) is 38.8 Å². The van der Waals surface area contributed by atoms with Gasteiger partial charge in [-0.05, 0) is 57.4 Å². The Morgan fingerprint density at radius 1 is 1.14 bits per heavy atom. The van der Waals surface area contributed by atoms with Gasteiger partial charge in [0.15, 0.2) is 11.5 Å². The Bertz CT molecular complexity index is 1010. The Morgan fingerprint density at radius 3 is 2.41 bits per heavy atom. The lowest BCUT2D eigenvalue weighted by atomic mass is 9.81. The zero-order chi connectivity index (χ0) is 21.6. The molecule has 1 aromatic heterocycles. The summed E-state index contributed by atoms with van der Waals surface area (Å²) in [5.41, 5.74) is 1.59. The maximum Gasteiger partial charge on any atom is 0.513 e. The first-order chi connectivity index (χ1) is 13.5. The number of ether oxygens (including phenoxy) is 3. The van der Waals surface area contributed by atoms with Gasteiger partial charge in [0.1, 0.15) is 11.2 Å². The molecule has 0 fully saturated rings. The quantitative estimate of drug-likeness (QED) is 0.726. The van der Waals surface area contributed by atoms with Crippen molar-refractivity contribution in [1.82, 2.24) is 9.78 Å². The highest BCUT2D eigenvalue weighted by Gasteiger charge is 2.49. The molecular formula is C22H26N2O5. The highest BCUT2D eigenvalue weighted by Crippen LogP contribution is 2.43. The summed E-state index contributed by atoms with van der Waals surface area (Å²) in [6.45, 7) is 8.87. The van der Waals surface area contributed by atoms with Gasteiger partial charge in [-0.25, -0.2) is 4.79 Å². The fraction of sp³-hybridized carbons (Fsp3) is 0.409. The third-order valence-corrected chi connectivity index (χ3v) is 4.96. The number of hydrogen-bond acceptors (Lipinski definition) is 6. The van der Waals surface area contributed by atoms with Crippen LogP contribution in [0.4, 0.5) is 4.79 Å². The molecule has 29 heavy (non-hydrogen) atoms. The van der Waals surface area contributed by atoms with Gasteiger partial charge < -0.3 is 14.2 Å². The van der Waals surface area contributed by atoms with Crippen molar-refractivity contribution < 1.29 is 23.8 Å². The second-order valence-electron chi connectivity index (χ2n) is 8.14. The number of hydrogen-bond donors (Lipinski definition) is 0. The molecule has 3 rings (SSSR count). The molecule has 0 aliphatic carbocycles. The van der Waals surface area contributed by atoms with E-state index < -0.39 is 17.4 Å². The van der Waals surface area contributed by atoms with Crippen LogP contribution in [0.25, 0.3) is 16.7 Å². The van der Waals surface area contributed by atoms with Gasteiger partial charge in [0.25, 0.3) is 0 Å². The molecule has 0 N–H and O–H groups in total. The number of ketones is 1. The van der Waals surface area contributed by atoms with Gasteiger partial charge in [-0.1, -0.05) is 12.1 Å². The summed E-state index contributed by atoms with van der Waals surface area (Å²) in [4.78, 5) is 25.3. The Labute approximate surface area is 170 Å². The number of methoxy groups -OCH3 is 1. The standard InChI is InChI=1S/C22H26N2O5/c1-13-8-9-14(15-11-23-24(6)12-15)10-16(13)17-18(25)21(2,3)29-22(4,5)19(17)28-20(26)27-7/h8-12H,1-7H3. The van der Waals surface area contributed by atoms with Crippen LogP contribution < -0.4 is 0 Å². The molecule has 0 amide bonds. The van der Waals surface area contributed by atoms with Crippen molar-refractivity contribution in [3.05, 3.63) is 47.5 Å². The smallest absolute Gasteiger partial charge is 0.437 e. The third-order valence-electron chi connectivity index (χ3n) is 4.96. The molecule has 0 radical (unpaired) electrons. The Morgan fingerprint density at radius 2 is 1.83 bits per heavy atom. The van der Waals surface area contributed by atoms with E-state index in [-0.39, 0.29) is 11.5 Å². The summed E-state index contributed by atoms with van der Waals surface area (Å²) in [5, 5.41) is 4.22. The van der Waals surface area contributed by atoms with Crippen LogP contribution in [0.3, 0.4) is 0 Å². The SMILES string of the molecule is COC(=O)OC1=C(c2cc(-c3cnn(C)c3)ccc2C)C(=O)C(C)(C)OC1(C)C. The topological polar surface area (TPSA) is 79.7 Å². The minimum atomic E-state index is -1.08. The van der Waals surface area contributed by atoms with E-state index in [1.54, 1.807) is 38.6 Å². The summed E-state index contributed by atoms with van der Waals surface area (Å²) in [6.07, 6.45) is 2.76. The van der Waals surface area contributed by atoms with E-state index in [2.05, 4.69) is 9.84 Å². The predicted octanol–water partition coefficient (Wildman–Crippen LogP) is 4.05. The number of aryl methyl sites for hydroxylation is 2. The molecule has 1 aliphatic rings. The van der Waals surface area contributed by atoms with Crippen molar-refractivity contribution in [3.8, 4) is 11.1 Å². The van der Waals surface area contributed by atoms with Crippen LogP contribution in [0.15, 0.2) is 36.4 Å². The van der Waals surface area contributed by atoms with E-state index in [4.69, 9.17) is 9.47 Å². The number of carbonyl (C=O) groups excluding carboxylic acids is 2.